The van der Waals surface area contributed by atoms with Gasteiger partial charge in [-0.15, -0.1) is 13.2 Å². The van der Waals surface area contributed by atoms with Crippen molar-refractivity contribution in [2.45, 2.75) is 45.4 Å². The zero-order valence-corrected chi connectivity index (χ0v) is 19.8. The fraction of sp³-hybridized carbons (Fsp3) is 0.308. The summed E-state index contributed by atoms with van der Waals surface area (Å²) in [7, 11) is 0. The zero-order chi connectivity index (χ0) is 26.3. The monoisotopic (exact) mass is 504 g/mol. The fourth-order valence-electron chi connectivity index (χ4n) is 3.32. The topological polar surface area (TPSA) is 92.1 Å². The lowest BCUT2D eigenvalue weighted by atomic mass is 10.1. The number of aliphatic hydroxyl groups excluding tert-OH is 1. The van der Waals surface area contributed by atoms with Crippen LogP contribution < -0.4 is 14.4 Å². The molecule has 192 valence electrons. The number of aliphatic carboxylic acids is 1. The van der Waals surface area contributed by atoms with Crippen LogP contribution in [0.5, 0.6) is 11.5 Å². The van der Waals surface area contributed by atoms with Gasteiger partial charge in [-0.05, 0) is 67.3 Å². The number of carboxylic acid groups (broad SMARTS) is 1. The summed E-state index contributed by atoms with van der Waals surface area (Å²) >= 11 is 0. The molecule has 0 saturated heterocycles. The zero-order valence-electron chi connectivity index (χ0n) is 19.8. The minimum absolute atomic E-state index is 0.138. The van der Waals surface area contributed by atoms with Crippen LogP contribution in [0.1, 0.15) is 30.5 Å². The molecule has 0 fully saturated rings. The Bertz CT molecular complexity index is 1130. The molecule has 3 aromatic rings. The number of anilines is 1. The second-order valence-electron chi connectivity index (χ2n) is 8.61. The molecule has 0 bridgehead atoms. The summed E-state index contributed by atoms with van der Waals surface area (Å²) in [6, 6.07) is 16.3. The molecule has 3 rings (SSSR count). The van der Waals surface area contributed by atoms with Crippen LogP contribution >= 0.6 is 0 Å². The first-order valence-corrected chi connectivity index (χ1v) is 11.1. The number of aromatic nitrogens is 1. The lowest BCUT2D eigenvalue weighted by Crippen LogP contribution is -2.37. The summed E-state index contributed by atoms with van der Waals surface area (Å²) in [6.45, 7) is 3.72. The van der Waals surface area contributed by atoms with Gasteiger partial charge in [-0.3, -0.25) is 0 Å². The summed E-state index contributed by atoms with van der Waals surface area (Å²) in [5.41, 5.74) is 1.04. The van der Waals surface area contributed by atoms with Crippen LogP contribution in [0.2, 0.25) is 0 Å². The maximum atomic E-state index is 12.4. The summed E-state index contributed by atoms with van der Waals surface area (Å²) in [5.74, 6) is -0.284. The lowest BCUT2D eigenvalue weighted by Gasteiger charge is -2.25. The average molecular weight is 505 g/mol. The van der Waals surface area contributed by atoms with E-state index in [1.807, 2.05) is 17.0 Å². The predicted octanol–water partition coefficient (Wildman–Crippen LogP) is 4.96. The van der Waals surface area contributed by atoms with Crippen LogP contribution in [0.25, 0.3) is 0 Å². The third-order valence-electron chi connectivity index (χ3n) is 5.33. The highest BCUT2D eigenvalue weighted by Crippen LogP contribution is 2.24. The lowest BCUT2D eigenvalue weighted by molar-refractivity contribution is -0.274. The van der Waals surface area contributed by atoms with Crippen molar-refractivity contribution in [1.29, 1.82) is 0 Å². The molecular weight excluding hydrogens is 477 g/mol. The standard InChI is InChI=1S/C26H27F3N2O5/c1-25(2,24(33)34)35-21-8-3-18(4-9-21)13-14-31(23-12-7-20(17-32)15-30-23)16-19-5-10-22(11-6-19)36-26(27,28)29/h3-12,15,32H,13-14,16-17H2,1-2H3,(H,33,34). The van der Waals surface area contributed by atoms with E-state index in [4.69, 9.17) is 4.74 Å². The Balaban J connectivity index is 1.72. The summed E-state index contributed by atoms with van der Waals surface area (Å²) < 4.78 is 46.8. The molecule has 0 amide bonds. The quantitative estimate of drug-likeness (QED) is 0.381. The van der Waals surface area contributed by atoms with E-state index in [0.29, 0.717) is 36.6 Å². The smallest absolute Gasteiger partial charge is 0.478 e. The van der Waals surface area contributed by atoms with E-state index in [-0.39, 0.29) is 12.4 Å². The maximum Gasteiger partial charge on any atom is 0.573 e. The number of ether oxygens (including phenoxy) is 2. The Morgan fingerprint density at radius 2 is 1.44 bits per heavy atom. The first-order valence-electron chi connectivity index (χ1n) is 11.1. The van der Waals surface area contributed by atoms with Gasteiger partial charge in [0.25, 0.3) is 0 Å². The normalized spacial score (nSPS) is 11.7. The SMILES string of the molecule is CC(C)(Oc1ccc(CCN(Cc2ccc(OC(F)(F)F)cc2)c2ccc(CO)cn2)cc1)C(=O)O. The van der Waals surface area contributed by atoms with Gasteiger partial charge in [0.05, 0.1) is 6.61 Å². The highest BCUT2D eigenvalue weighted by Gasteiger charge is 2.31. The molecule has 0 aliphatic heterocycles. The number of nitrogens with zero attached hydrogens (tertiary/aromatic N) is 2. The maximum absolute atomic E-state index is 12.4. The predicted molar refractivity (Wildman–Crippen MR) is 127 cm³/mol. The van der Waals surface area contributed by atoms with Gasteiger partial charge in [0.2, 0.25) is 0 Å². The van der Waals surface area contributed by atoms with Crippen molar-refractivity contribution >= 4 is 11.8 Å². The number of aliphatic hydroxyl groups is 1. The van der Waals surface area contributed by atoms with Gasteiger partial charge in [-0.1, -0.05) is 30.3 Å². The molecule has 0 aliphatic carbocycles. The highest BCUT2D eigenvalue weighted by molar-refractivity contribution is 5.76. The van der Waals surface area contributed by atoms with Crippen molar-refractivity contribution in [2.75, 3.05) is 11.4 Å². The van der Waals surface area contributed by atoms with Gasteiger partial charge in [0.1, 0.15) is 17.3 Å². The van der Waals surface area contributed by atoms with Crippen LogP contribution in [0, 0.1) is 0 Å². The number of hydrogen-bond donors (Lipinski definition) is 2. The van der Waals surface area contributed by atoms with Crippen molar-refractivity contribution in [2.24, 2.45) is 0 Å². The number of pyridine rings is 1. The molecule has 0 radical (unpaired) electrons. The van der Waals surface area contributed by atoms with Crippen molar-refractivity contribution in [3.05, 3.63) is 83.6 Å². The van der Waals surface area contributed by atoms with Gasteiger partial charge in [0.15, 0.2) is 5.60 Å². The minimum Gasteiger partial charge on any atom is -0.478 e. The molecule has 0 saturated carbocycles. The Hall–Kier alpha value is -3.79. The number of carboxylic acids is 1. The molecule has 36 heavy (non-hydrogen) atoms. The van der Waals surface area contributed by atoms with Gasteiger partial charge in [-0.2, -0.15) is 0 Å². The van der Waals surface area contributed by atoms with Crippen molar-refractivity contribution < 1.29 is 37.7 Å². The number of alkyl halides is 3. The van der Waals surface area contributed by atoms with Gasteiger partial charge in [-0.25, -0.2) is 9.78 Å². The fourth-order valence-corrected chi connectivity index (χ4v) is 3.32. The molecule has 1 aromatic heterocycles. The number of hydrogen-bond acceptors (Lipinski definition) is 6. The molecule has 0 atom stereocenters. The van der Waals surface area contributed by atoms with E-state index >= 15 is 0 Å². The van der Waals surface area contributed by atoms with E-state index in [1.54, 1.807) is 42.6 Å². The molecule has 7 nitrogen and oxygen atoms in total. The molecule has 0 spiro atoms. The second kappa shape index (κ2) is 11.3. The van der Waals surface area contributed by atoms with Crippen LogP contribution in [0.3, 0.4) is 0 Å². The summed E-state index contributed by atoms with van der Waals surface area (Å²) in [6.07, 6.45) is -2.57. The molecule has 1 heterocycles. The van der Waals surface area contributed by atoms with E-state index in [0.717, 1.165) is 11.1 Å². The summed E-state index contributed by atoms with van der Waals surface area (Å²) in [5, 5.41) is 18.5. The summed E-state index contributed by atoms with van der Waals surface area (Å²) in [4.78, 5) is 17.7. The molecule has 0 unspecified atom stereocenters. The number of carbonyl (C=O) groups is 1. The Morgan fingerprint density at radius 3 is 1.94 bits per heavy atom. The Kier molecular flexibility index (Phi) is 8.41. The highest BCUT2D eigenvalue weighted by atomic mass is 19.4. The largest absolute Gasteiger partial charge is 0.573 e. The Labute approximate surface area is 206 Å². The molecule has 2 aromatic carbocycles. The van der Waals surface area contributed by atoms with E-state index < -0.39 is 17.9 Å². The average Bonchev–Trinajstić information content (AvgIpc) is 2.82. The van der Waals surface area contributed by atoms with E-state index in [1.165, 1.54) is 26.0 Å². The Morgan fingerprint density at radius 1 is 0.889 bits per heavy atom. The molecule has 0 aliphatic rings. The number of halogens is 3. The van der Waals surface area contributed by atoms with E-state index in [9.17, 15) is 28.2 Å². The third-order valence-corrected chi connectivity index (χ3v) is 5.33. The third kappa shape index (κ3) is 7.88. The van der Waals surface area contributed by atoms with Crippen LogP contribution in [0.4, 0.5) is 19.0 Å². The minimum atomic E-state index is -4.75. The van der Waals surface area contributed by atoms with Crippen molar-refractivity contribution in [3.63, 3.8) is 0 Å². The van der Waals surface area contributed by atoms with Gasteiger partial charge in [0, 0.05) is 19.3 Å². The van der Waals surface area contributed by atoms with Gasteiger partial charge < -0.3 is 24.6 Å². The van der Waals surface area contributed by atoms with Crippen LogP contribution in [0.15, 0.2) is 66.9 Å². The number of rotatable bonds is 11. The molecule has 2 N–H and O–H groups in total. The molecular formula is C26H27F3N2O5. The van der Waals surface area contributed by atoms with Crippen molar-refractivity contribution in [1.82, 2.24) is 4.98 Å². The number of benzene rings is 2. The molecule has 10 heteroatoms. The first kappa shape index (κ1) is 26.8. The van der Waals surface area contributed by atoms with Crippen LogP contribution in [-0.4, -0.2) is 39.7 Å². The van der Waals surface area contributed by atoms with Crippen molar-refractivity contribution in [3.8, 4) is 11.5 Å². The second-order valence-corrected chi connectivity index (χ2v) is 8.61. The first-order chi connectivity index (χ1) is 16.9. The van der Waals surface area contributed by atoms with Crippen LogP contribution in [-0.2, 0) is 24.4 Å². The van der Waals surface area contributed by atoms with Gasteiger partial charge >= 0.3 is 12.3 Å². The van der Waals surface area contributed by atoms with E-state index in [2.05, 4.69) is 9.72 Å².